The molecule has 1 amide bonds. The van der Waals surface area contributed by atoms with Gasteiger partial charge in [0.15, 0.2) is 0 Å². The van der Waals surface area contributed by atoms with E-state index in [2.05, 4.69) is 0 Å². The fourth-order valence-corrected chi connectivity index (χ4v) is 6.81. The topological polar surface area (TPSA) is 118 Å². The van der Waals surface area contributed by atoms with Gasteiger partial charge in [-0.05, 0) is 30.0 Å². The Morgan fingerprint density at radius 3 is 2.48 bits per heavy atom. The molecule has 1 N–H and O–H groups in total. The van der Waals surface area contributed by atoms with Gasteiger partial charge in [0, 0.05) is 11.3 Å². The molecule has 10 heteroatoms. The quantitative estimate of drug-likeness (QED) is 0.398. The van der Waals surface area contributed by atoms with E-state index in [1.807, 2.05) is 12.1 Å². The van der Waals surface area contributed by atoms with Gasteiger partial charge >= 0.3 is 29.6 Å². The van der Waals surface area contributed by atoms with E-state index < -0.39 is 45.9 Å². The van der Waals surface area contributed by atoms with Crippen molar-refractivity contribution >= 4 is 38.4 Å². The van der Waals surface area contributed by atoms with E-state index in [1.165, 1.54) is 17.3 Å². The molecular weight excluding hydrogens is 431 g/mol. The molecule has 31 heavy (non-hydrogen) atoms. The molecule has 0 radical (unpaired) electrons. The molecule has 3 aliphatic heterocycles. The molecular formula is C21H19N2NaO6S. The minimum Gasteiger partial charge on any atom is -0.543 e. The number of carbonyl (C=O) groups excluding carboxylic acids is 2. The molecule has 2 aromatic rings. The monoisotopic (exact) mass is 450 g/mol. The van der Waals surface area contributed by atoms with Crippen LogP contribution < -0.4 is 39.0 Å². The van der Waals surface area contributed by atoms with E-state index in [9.17, 15) is 28.2 Å². The molecule has 0 bridgehead atoms. The van der Waals surface area contributed by atoms with Crippen LogP contribution in [-0.4, -0.2) is 49.0 Å². The predicted octanol–water partition coefficient (Wildman–Crippen LogP) is -2.79. The SMILES string of the molecule is C[C@@H](O)[C@H]1C(=O)N2C(C(=O)[O-])=C(CN3c4cccc5cccc(c45)S3(=O)=O)[C@H](C)[C@H]12.[Na+]. The van der Waals surface area contributed by atoms with E-state index >= 15 is 0 Å². The zero-order chi connectivity index (χ0) is 21.5. The molecule has 2 aromatic carbocycles. The summed E-state index contributed by atoms with van der Waals surface area (Å²) < 4.78 is 27.7. The summed E-state index contributed by atoms with van der Waals surface area (Å²) in [6.45, 7) is 3.04. The number of aliphatic hydroxyl groups is 1. The van der Waals surface area contributed by atoms with Crippen LogP contribution in [0.25, 0.3) is 10.8 Å². The number of sulfonamides is 1. The van der Waals surface area contributed by atoms with Gasteiger partial charge in [-0.3, -0.25) is 9.10 Å². The second-order valence-electron chi connectivity index (χ2n) is 8.06. The van der Waals surface area contributed by atoms with Crippen LogP contribution in [0.15, 0.2) is 52.6 Å². The first-order valence-electron chi connectivity index (χ1n) is 9.66. The van der Waals surface area contributed by atoms with Crippen LogP contribution in [-0.2, 0) is 19.6 Å². The Balaban J connectivity index is 0.00000231. The summed E-state index contributed by atoms with van der Waals surface area (Å²) in [4.78, 5) is 25.7. The maximum Gasteiger partial charge on any atom is 1.00 e. The van der Waals surface area contributed by atoms with Gasteiger partial charge in [0.25, 0.3) is 10.0 Å². The number of carboxylic acid groups (broad SMARTS) is 1. The minimum absolute atomic E-state index is 0. The normalized spacial score (nSPS) is 26.5. The number of amides is 1. The number of carbonyl (C=O) groups is 2. The Morgan fingerprint density at radius 2 is 1.87 bits per heavy atom. The standard InChI is InChI=1S/C21H20N2O6S.Na/c1-10-13(19(21(26)27)23-18(10)16(11(2)24)20(23)25)9-22-14-7-3-5-12-6-4-8-15(17(12)14)30(22,28)29;/h3-8,10-11,16,18,24H,9H2,1-2H3,(H,26,27);/q;+1/p-1/t10-,11+,16+,18+;/m0./s1. The van der Waals surface area contributed by atoms with Crippen LogP contribution in [0.3, 0.4) is 0 Å². The van der Waals surface area contributed by atoms with Gasteiger partial charge in [-0.25, -0.2) is 8.42 Å². The second-order valence-corrected chi connectivity index (χ2v) is 9.89. The fourth-order valence-electron chi connectivity index (χ4n) is 5.13. The van der Waals surface area contributed by atoms with Crippen molar-refractivity contribution in [2.24, 2.45) is 11.8 Å². The third kappa shape index (κ3) is 2.84. The van der Waals surface area contributed by atoms with Crippen molar-refractivity contribution in [3.8, 4) is 0 Å². The molecule has 156 valence electrons. The Hall–Kier alpha value is -1.91. The van der Waals surface area contributed by atoms with Crippen molar-refractivity contribution in [3.63, 3.8) is 0 Å². The van der Waals surface area contributed by atoms with Gasteiger partial charge in [-0.2, -0.15) is 0 Å². The molecule has 8 nitrogen and oxygen atoms in total. The summed E-state index contributed by atoms with van der Waals surface area (Å²) in [6, 6.07) is 9.77. The molecule has 5 rings (SSSR count). The smallest absolute Gasteiger partial charge is 0.543 e. The number of hydrogen-bond donors (Lipinski definition) is 1. The summed E-state index contributed by atoms with van der Waals surface area (Å²) in [5.41, 5.74) is 0.505. The van der Waals surface area contributed by atoms with Gasteiger partial charge in [0.2, 0.25) is 5.91 Å². The maximum absolute atomic E-state index is 13.3. The van der Waals surface area contributed by atoms with Crippen LogP contribution in [0.1, 0.15) is 13.8 Å². The van der Waals surface area contributed by atoms with Crippen molar-refractivity contribution in [2.45, 2.75) is 30.9 Å². The third-order valence-corrected chi connectivity index (χ3v) is 8.31. The van der Waals surface area contributed by atoms with Crippen LogP contribution in [0, 0.1) is 11.8 Å². The molecule has 1 fully saturated rings. The van der Waals surface area contributed by atoms with E-state index in [0.29, 0.717) is 16.6 Å². The Morgan fingerprint density at radius 1 is 1.23 bits per heavy atom. The van der Waals surface area contributed by atoms with Crippen LogP contribution in [0.5, 0.6) is 0 Å². The van der Waals surface area contributed by atoms with Crippen molar-refractivity contribution in [2.75, 3.05) is 10.8 Å². The summed E-state index contributed by atoms with van der Waals surface area (Å²) in [7, 11) is -3.88. The Kier molecular flexibility index (Phi) is 5.26. The van der Waals surface area contributed by atoms with Gasteiger partial charge < -0.3 is 19.9 Å². The number of benzene rings is 2. The molecule has 0 unspecified atom stereocenters. The van der Waals surface area contributed by atoms with Crippen molar-refractivity contribution in [3.05, 3.63) is 47.7 Å². The number of aliphatic carboxylic acids is 1. The van der Waals surface area contributed by atoms with Crippen LogP contribution in [0.4, 0.5) is 5.69 Å². The van der Waals surface area contributed by atoms with Gasteiger partial charge in [-0.1, -0.05) is 31.2 Å². The molecule has 4 atom stereocenters. The molecule has 0 aromatic heterocycles. The van der Waals surface area contributed by atoms with Gasteiger partial charge in [0.05, 0.1) is 46.9 Å². The largest absolute Gasteiger partial charge is 1.00 e. The van der Waals surface area contributed by atoms with E-state index in [4.69, 9.17) is 0 Å². The first kappa shape index (κ1) is 22.3. The molecule has 1 saturated heterocycles. The second kappa shape index (κ2) is 7.31. The van der Waals surface area contributed by atoms with Crippen LogP contribution >= 0.6 is 0 Å². The first-order chi connectivity index (χ1) is 14.2. The summed E-state index contributed by atoms with van der Waals surface area (Å²) in [5.74, 6) is -3.16. The summed E-state index contributed by atoms with van der Waals surface area (Å²) in [6.07, 6.45) is -0.933. The number of hydrogen-bond acceptors (Lipinski definition) is 6. The minimum atomic E-state index is -3.88. The number of aliphatic hydroxyl groups excluding tert-OH is 1. The molecule has 0 saturated carbocycles. The predicted molar refractivity (Wildman–Crippen MR) is 105 cm³/mol. The van der Waals surface area contributed by atoms with E-state index in [-0.39, 0.29) is 46.7 Å². The van der Waals surface area contributed by atoms with Gasteiger partial charge in [-0.15, -0.1) is 0 Å². The summed E-state index contributed by atoms with van der Waals surface area (Å²) >= 11 is 0. The Bertz CT molecular complexity index is 1270. The Labute approximate surface area is 201 Å². The number of anilines is 1. The molecule has 3 heterocycles. The van der Waals surface area contributed by atoms with Crippen molar-refractivity contribution in [1.29, 1.82) is 0 Å². The average Bonchev–Trinajstić information content (AvgIpc) is 3.05. The number of nitrogens with zero attached hydrogens (tertiary/aromatic N) is 2. The number of rotatable bonds is 4. The molecule has 3 aliphatic rings. The number of carboxylic acids is 1. The zero-order valence-corrected chi connectivity index (χ0v) is 20.1. The fraction of sp³-hybridized carbons (Fsp3) is 0.333. The zero-order valence-electron chi connectivity index (χ0n) is 17.3. The first-order valence-corrected chi connectivity index (χ1v) is 11.1. The molecule has 0 spiro atoms. The number of fused-ring (bicyclic) bond motifs is 1. The molecule has 0 aliphatic carbocycles. The number of β-lactam (4-membered cyclic amide) rings is 1. The van der Waals surface area contributed by atoms with E-state index in [0.717, 1.165) is 10.3 Å². The third-order valence-electron chi connectivity index (χ3n) is 6.50. The van der Waals surface area contributed by atoms with Gasteiger partial charge in [0.1, 0.15) is 0 Å². The summed E-state index contributed by atoms with van der Waals surface area (Å²) in [5, 5.41) is 23.3. The maximum atomic E-state index is 13.3. The average molecular weight is 450 g/mol. The van der Waals surface area contributed by atoms with E-state index in [1.54, 1.807) is 25.1 Å². The van der Waals surface area contributed by atoms with Crippen molar-refractivity contribution in [1.82, 2.24) is 4.90 Å². The van der Waals surface area contributed by atoms with Crippen LogP contribution in [0.2, 0.25) is 0 Å². The van der Waals surface area contributed by atoms with Crippen molar-refractivity contribution < 1.29 is 57.8 Å².